The fraction of sp³-hybridized carbons (Fsp3) is 0.647. The summed E-state index contributed by atoms with van der Waals surface area (Å²) >= 11 is 0. The van der Waals surface area contributed by atoms with Crippen LogP contribution in [0.25, 0.3) is 0 Å². The second kappa shape index (κ2) is 6.67. The molecule has 3 rings (SSSR count). The van der Waals surface area contributed by atoms with E-state index in [2.05, 4.69) is 47.3 Å². The lowest BCUT2D eigenvalue weighted by atomic mass is 10.1. The largest absolute Gasteiger partial charge is 0.489 e. The molecule has 0 spiro atoms. The van der Waals surface area contributed by atoms with Gasteiger partial charge in [0, 0.05) is 37.8 Å². The Morgan fingerprint density at radius 3 is 3.10 bits per heavy atom. The summed E-state index contributed by atoms with van der Waals surface area (Å²) in [6.07, 6.45) is 2.46. The summed E-state index contributed by atoms with van der Waals surface area (Å²) in [4.78, 5) is 5.10. The van der Waals surface area contributed by atoms with Crippen LogP contribution in [0.5, 0.6) is 5.75 Å². The lowest BCUT2D eigenvalue weighted by Gasteiger charge is -2.31. The van der Waals surface area contributed by atoms with E-state index in [1.165, 1.54) is 38.0 Å². The Bertz CT molecular complexity index is 477. The Labute approximate surface area is 128 Å². The van der Waals surface area contributed by atoms with Crippen LogP contribution in [0.3, 0.4) is 0 Å². The quantitative estimate of drug-likeness (QED) is 0.925. The molecule has 1 saturated heterocycles. The molecule has 1 unspecified atom stereocenters. The van der Waals surface area contributed by atoms with Gasteiger partial charge in [0.1, 0.15) is 12.4 Å². The maximum absolute atomic E-state index is 5.92. The third-order valence-electron chi connectivity index (χ3n) is 4.63. The number of para-hydroxylation sites is 1. The summed E-state index contributed by atoms with van der Waals surface area (Å²) in [6.45, 7) is 8.53. The summed E-state index contributed by atoms with van der Waals surface area (Å²) in [5.74, 6) is 1.07. The first kappa shape index (κ1) is 14.7. The number of benzene rings is 1. The molecule has 2 aliphatic heterocycles. The average Bonchev–Trinajstić information content (AvgIpc) is 2.69. The molecule has 21 heavy (non-hydrogen) atoms. The van der Waals surface area contributed by atoms with Gasteiger partial charge < -0.3 is 15.0 Å². The van der Waals surface area contributed by atoms with Crippen molar-refractivity contribution in [3.05, 3.63) is 23.8 Å². The molecule has 2 heterocycles. The molecule has 2 aliphatic rings. The molecule has 0 aromatic heterocycles. The molecule has 4 nitrogen and oxygen atoms in total. The molecule has 116 valence electrons. The molecule has 1 aromatic rings. The van der Waals surface area contributed by atoms with Gasteiger partial charge in [0.15, 0.2) is 0 Å². The molecule has 0 radical (unpaired) electrons. The first-order chi connectivity index (χ1) is 10.3. The zero-order valence-corrected chi connectivity index (χ0v) is 13.3. The second-order valence-electron chi connectivity index (χ2n) is 6.22. The van der Waals surface area contributed by atoms with Crippen molar-refractivity contribution in [3.63, 3.8) is 0 Å². The van der Waals surface area contributed by atoms with Gasteiger partial charge in [0.05, 0.1) is 5.69 Å². The topological polar surface area (TPSA) is 27.7 Å². The summed E-state index contributed by atoms with van der Waals surface area (Å²) < 4.78 is 5.92. The van der Waals surface area contributed by atoms with Crippen molar-refractivity contribution < 1.29 is 4.74 Å². The highest BCUT2D eigenvalue weighted by molar-refractivity contribution is 5.61. The van der Waals surface area contributed by atoms with Gasteiger partial charge >= 0.3 is 0 Å². The summed E-state index contributed by atoms with van der Waals surface area (Å²) in [5, 5.41) is 3.43. The lowest BCUT2D eigenvalue weighted by Crippen LogP contribution is -2.39. The minimum Gasteiger partial charge on any atom is -0.489 e. The number of ether oxygens (including phenoxy) is 1. The second-order valence-corrected chi connectivity index (χ2v) is 6.22. The van der Waals surface area contributed by atoms with E-state index in [9.17, 15) is 0 Å². The fourth-order valence-electron chi connectivity index (χ4n) is 3.46. The minimum atomic E-state index is 0.643. The number of nitrogens with one attached hydrogen (secondary N) is 1. The fourth-order valence-corrected chi connectivity index (χ4v) is 3.46. The van der Waals surface area contributed by atoms with Crippen molar-refractivity contribution in [1.82, 2.24) is 9.80 Å². The van der Waals surface area contributed by atoms with Crippen LogP contribution < -0.4 is 10.1 Å². The highest BCUT2D eigenvalue weighted by atomic mass is 16.5. The Morgan fingerprint density at radius 2 is 2.24 bits per heavy atom. The van der Waals surface area contributed by atoms with Crippen LogP contribution in [-0.4, -0.2) is 55.7 Å². The molecule has 0 amide bonds. The van der Waals surface area contributed by atoms with E-state index in [0.29, 0.717) is 6.04 Å². The van der Waals surface area contributed by atoms with Gasteiger partial charge in [0.2, 0.25) is 0 Å². The number of likely N-dealkylation sites (N-methyl/N-ethyl adjacent to an activating group) is 1. The van der Waals surface area contributed by atoms with Crippen LogP contribution in [0.15, 0.2) is 18.2 Å². The molecule has 1 atom stereocenters. The average molecular weight is 289 g/mol. The summed E-state index contributed by atoms with van der Waals surface area (Å²) in [5.41, 5.74) is 2.47. The van der Waals surface area contributed by atoms with Crippen molar-refractivity contribution >= 4 is 5.69 Å². The molecule has 0 bridgehead atoms. The van der Waals surface area contributed by atoms with Gasteiger partial charge in [-0.2, -0.15) is 0 Å². The van der Waals surface area contributed by atoms with Crippen LogP contribution in [0.2, 0.25) is 0 Å². The number of fused-ring (bicyclic) bond motifs is 1. The van der Waals surface area contributed by atoms with Crippen LogP contribution in [0.4, 0.5) is 5.69 Å². The van der Waals surface area contributed by atoms with Crippen LogP contribution in [-0.2, 0) is 6.54 Å². The standard InChI is InChI=1S/C17H27N3O/c1-3-15-13-19(2)9-5-10-20(15)12-14-6-4-7-16-17(14)21-11-8-18-16/h4,6-7,15,18H,3,5,8-13H2,1-2H3. The number of anilines is 1. The number of rotatable bonds is 3. The van der Waals surface area contributed by atoms with E-state index >= 15 is 0 Å². The zero-order chi connectivity index (χ0) is 14.7. The van der Waals surface area contributed by atoms with Gasteiger partial charge in [-0.05, 0) is 32.5 Å². The van der Waals surface area contributed by atoms with Crippen molar-refractivity contribution in [2.45, 2.75) is 32.4 Å². The lowest BCUT2D eigenvalue weighted by molar-refractivity contribution is 0.173. The van der Waals surface area contributed by atoms with Gasteiger partial charge in [0.25, 0.3) is 0 Å². The maximum Gasteiger partial charge on any atom is 0.146 e. The smallest absolute Gasteiger partial charge is 0.146 e. The van der Waals surface area contributed by atoms with Crippen molar-refractivity contribution in [3.8, 4) is 5.75 Å². The van der Waals surface area contributed by atoms with Crippen LogP contribution in [0.1, 0.15) is 25.3 Å². The SMILES string of the molecule is CCC1CN(C)CCCN1Cc1cccc2c1OCCN2. The maximum atomic E-state index is 5.92. The number of nitrogens with zero attached hydrogens (tertiary/aromatic N) is 2. The molecular formula is C17H27N3O. The first-order valence-corrected chi connectivity index (χ1v) is 8.19. The zero-order valence-electron chi connectivity index (χ0n) is 13.3. The van der Waals surface area contributed by atoms with E-state index in [0.717, 1.165) is 31.1 Å². The highest BCUT2D eigenvalue weighted by Gasteiger charge is 2.24. The van der Waals surface area contributed by atoms with Gasteiger partial charge in [-0.3, -0.25) is 4.90 Å². The predicted molar refractivity (Wildman–Crippen MR) is 87.0 cm³/mol. The van der Waals surface area contributed by atoms with Crippen molar-refractivity contribution in [1.29, 1.82) is 0 Å². The molecule has 1 fully saturated rings. The predicted octanol–water partition coefficient (Wildman–Crippen LogP) is 2.41. The molecular weight excluding hydrogens is 262 g/mol. The Balaban J connectivity index is 1.78. The Kier molecular flexibility index (Phi) is 4.66. The van der Waals surface area contributed by atoms with E-state index in [1.54, 1.807) is 0 Å². The van der Waals surface area contributed by atoms with Crippen LogP contribution >= 0.6 is 0 Å². The highest BCUT2D eigenvalue weighted by Crippen LogP contribution is 2.32. The van der Waals surface area contributed by atoms with E-state index < -0.39 is 0 Å². The van der Waals surface area contributed by atoms with Gasteiger partial charge in [-0.15, -0.1) is 0 Å². The molecule has 0 aliphatic carbocycles. The minimum absolute atomic E-state index is 0.643. The Morgan fingerprint density at radius 1 is 1.33 bits per heavy atom. The van der Waals surface area contributed by atoms with Gasteiger partial charge in [-0.25, -0.2) is 0 Å². The third-order valence-corrected chi connectivity index (χ3v) is 4.63. The number of hydrogen-bond donors (Lipinski definition) is 1. The third kappa shape index (κ3) is 3.33. The first-order valence-electron chi connectivity index (χ1n) is 8.19. The molecule has 0 saturated carbocycles. The van der Waals surface area contributed by atoms with Gasteiger partial charge in [-0.1, -0.05) is 19.1 Å². The van der Waals surface area contributed by atoms with E-state index in [4.69, 9.17) is 4.74 Å². The molecule has 1 aromatic carbocycles. The van der Waals surface area contributed by atoms with Crippen LogP contribution in [0, 0.1) is 0 Å². The summed E-state index contributed by atoms with van der Waals surface area (Å²) in [7, 11) is 2.24. The van der Waals surface area contributed by atoms with Crippen molar-refractivity contribution in [2.24, 2.45) is 0 Å². The Hall–Kier alpha value is -1.26. The normalized spacial score (nSPS) is 23.8. The van der Waals surface area contributed by atoms with E-state index in [1.807, 2.05) is 0 Å². The molecule has 1 N–H and O–H groups in total. The number of hydrogen-bond acceptors (Lipinski definition) is 4. The van der Waals surface area contributed by atoms with E-state index in [-0.39, 0.29) is 0 Å². The monoisotopic (exact) mass is 289 g/mol. The molecule has 4 heteroatoms. The summed E-state index contributed by atoms with van der Waals surface area (Å²) in [6, 6.07) is 7.12. The van der Waals surface area contributed by atoms with Crippen molar-refractivity contribution in [2.75, 3.05) is 45.2 Å².